The number of aliphatic carboxylic acids is 1. The highest BCUT2D eigenvalue weighted by molar-refractivity contribution is 8.00. The SMILES string of the molecule is NC(=O)C[n+]1cccc(N2CCC(=CC3=C(C(=O)O)N4C(=O)[C@@H](NC(=O)/C(=N\OC(=O)C(F)(F)F)c5csc(N)n5)[C@H]4SC3)C2=O)c1. The maximum Gasteiger partial charge on any atom is 0.493 e. The summed E-state index contributed by atoms with van der Waals surface area (Å²) in [6, 6.07) is 1.95. The van der Waals surface area contributed by atoms with Crippen molar-refractivity contribution in [2.45, 2.75) is 30.6 Å². The number of carboxylic acids is 1. The average Bonchev–Trinajstić information content (AvgIpc) is 3.59. The van der Waals surface area contributed by atoms with Gasteiger partial charge in [-0.25, -0.2) is 14.6 Å². The number of hydrogen-bond acceptors (Lipinski definition) is 12. The highest BCUT2D eigenvalue weighted by Crippen LogP contribution is 2.41. The molecule has 2 saturated heterocycles. The quantitative estimate of drug-likeness (QED) is 0.0647. The Labute approximate surface area is 269 Å². The van der Waals surface area contributed by atoms with E-state index in [0.717, 1.165) is 33.4 Å². The first kappa shape index (κ1) is 33.1. The van der Waals surface area contributed by atoms with E-state index < -0.39 is 64.6 Å². The van der Waals surface area contributed by atoms with E-state index in [1.165, 1.54) is 15.5 Å². The predicted octanol–water partition coefficient (Wildman–Crippen LogP) is -0.590. The summed E-state index contributed by atoms with van der Waals surface area (Å²) in [6.45, 7) is 0.163. The van der Waals surface area contributed by atoms with Crippen LogP contribution in [0.3, 0.4) is 0 Å². The van der Waals surface area contributed by atoms with Crippen LogP contribution in [0.25, 0.3) is 0 Å². The number of thiazole rings is 1. The topological polar surface area (TPSA) is 232 Å². The number of hydrogen-bond donors (Lipinski definition) is 4. The van der Waals surface area contributed by atoms with E-state index in [2.05, 4.69) is 20.3 Å². The number of anilines is 2. The van der Waals surface area contributed by atoms with Crippen LogP contribution in [-0.4, -0.2) is 86.2 Å². The molecule has 0 aliphatic carbocycles. The first-order chi connectivity index (χ1) is 22.1. The molecule has 21 heteroatoms. The van der Waals surface area contributed by atoms with Crippen LogP contribution in [0, 0.1) is 0 Å². The third-order valence-electron chi connectivity index (χ3n) is 6.88. The lowest BCUT2D eigenvalue weighted by Gasteiger charge is -2.49. The van der Waals surface area contributed by atoms with Crippen molar-refractivity contribution < 1.29 is 56.4 Å². The van der Waals surface area contributed by atoms with E-state index >= 15 is 0 Å². The molecule has 2 atom stereocenters. The van der Waals surface area contributed by atoms with Crippen LogP contribution in [0.2, 0.25) is 0 Å². The largest absolute Gasteiger partial charge is 0.493 e. The van der Waals surface area contributed by atoms with E-state index in [9.17, 15) is 47.0 Å². The fourth-order valence-corrected chi connectivity index (χ4v) is 6.71. The summed E-state index contributed by atoms with van der Waals surface area (Å²) in [4.78, 5) is 84.2. The van der Waals surface area contributed by atoms with Gasteiger partial charge in [0.25, 0.3) is 23.6 Å². The number of rotatable bonds is 9. The smallest absolute Gasteiger partial charge is 0.477 e. The minimum atomic E-state index is -5.42. The second-order valence-corrected chi connectivity index (χ2v) is 12.0. The summed E-state index contributed by atoms with van der Waals surface area (Å²) < 4.78 is 39.4. The second kappa shape index (κ2) is 12.8. The number of nitrogens with two attached hydrogens (primary N) is 2. The number of thioether (sulfide) groups is 1. The zero-order chi connectivity index (χ0) is 34.2. The zero-order valence-electron chi connectivity index (χ0n) is 23.6. The van der Waals surface area contributed by atoms with Crippen molar-refractivity contribution in [1.29, 1.82) is 0 Å². The number of β-lactam (4-membered cyclic amide) rings is 1. The molecule has 47 heavy (non-hydrogen) atoms. The number of halogens is 3. The summed E-state index contributed by atoms with van der Waals surface area (Å²) in [6.07, 6.45) is -0.582. The Morgan fingerprint density at radius 3 is 2.66 bits per heavy atom. The van der Waals surface area contributed by atoms with Crippen LogP contribution in [0.4, 0.5) is 24.0 Å². The molecule has 5 heterocycles. The Morgan fingerprint density at radius 2 is 2.02 bits per heavy atom. The molecule has 5 rings (SSSR count). The predicted molar refractivity (Wildman–Crippen MR) is 156 cm³/mol. The Balaban J connectivity index is 1.34. The van der Waals surface area contributed by atoms with Crippen molar-refractivity contribution in [3.8, 4) is 0 Å². The number of nitrogen functional groups attached to an aromatic ring is 1. The molecule has 0 unspecified atom stereocenters. The Hall–Kier alpha value is -5.31. The van der Waals surface area contributed by atoms with Crippen molar-refractivity contribution in [1.82, 2.24) is 15.2 Å². The molecule has 16 nitrogen and oxygen atoms in total. The first-order valence-corrected chi connectivity index (χ1v) is 15.2. The lowest BCUT2D eigenvalue weighted by atomic mass is 10.0. The van der Waals surface area contributed by atoms with Gasteiger partial charge in [-0.2, -0.15) is 17.7 Å². The van der Waals surface area contributed by atoms with Gasteiger partial charge in [-0.1, -0.05) is 5.16 Å². The van der Waals surface area contributed by atoms with E-state index in [0.29, 0.717) is 5.69 Å². The molecule has 0 aromatic carbocycles. The van der Waals surface area contributed by atoms with Gasteiger partial charge in [0.15, 0.2) is 23.2 Å². The van der Waals surface area contributed by atoms with Gasteiger partial charge in [0, 0.05) is 29.3 Å². The number of carbonyl (C=O) groups is 6. The number of carbonyl (C=O) groups excluding carboxylic acids is 5. The van der Waals surface area contributed by atoms with Crippen molar-refractivity contribution in [2.24, 2.45) is 10.9 Å². The summed E-state index contributed by atoms with van der Waals surface area (Å²) in [5.41, 5.74) is 10.1. The number of pyridine rings is 1. The van der Waals surface area contributed by atoms with Gasteiger partial charge in [0.1, 0.15) is 28.5 Å². The van der Waals surface area contributed by atoms with Crippen LogP contribution in [0.5, 0.6) is 0 Å². The monoisotopic (exact) mass is 695 g/mol. The number of amides is 4. The number of nitrogens with one attached hydrogen (secondary N) is 1. The number of carboxylic acid groups (broad SMARTS) is 1. The number of allylic oxidation sites excluding steroid dienone is 1. The number of primary amides is 1. The molecule has 6 N–H and O–H groups in total. The standard InChI is InChI=1S/C26H21F3N8O8S2/c27-26(28,29)24(44)45-34-16(14-10-47-25(31)32-14)19(39)33-17-21(41)37-18(23(42)43)12(9-46-22(17)37)6-11-3-5-36(20(11)40)13-2-1-4-35(7-13)8-15(30)38/h1-2,4,6-7,10,17,22H,3,5,8-9H2,(H5-,30,31,32,33,38,39,42,43)/p+1/b11-6?,34-16-/t17-,22-/m1/s1. The fourth-order valence-electron chi connectivity index (χ4n) is 4.85. The highest BCUT2D eigenvalue weighted by Gasteiger charge is 2.54. The molecular formula is C26H22F3N8O8S2+. The third-order valence-corrected chi connectivity index (χ3v) is 8.86. The molecule has 3 aliphatic rings. The molecule has 2 fully saturated rings. The van der Waals surface area contributed by atoms with E-state index in [1.54, 1.807) is 24.5 Å². The molecule has 0 bridgehead atoms. The Bertz CT molecular complexity index is 1810. The number of oxime groups is 1. The third kappa shape index (κ3) is 6.79. The lowest BCUT2D eigenvalue weighted by molar-refractivity contribution is -0.683. The molecule has 2 aromatic heterocycles. The number of nitrogens with zero attached hydrogens (tertiary/aromatic N) is 5. The molecule has 246 valence electrons. The van der Waals surface area contributed by atoms with Gasteiger partial charge in [-0.3, -0.25) is 24.1 Å². The first-order valence-electron chi connectivity index (χ1n) is 13.2. The van der Waals surface area contributed by atoms with Gasteiger partial charge in [0.05, 0.1) is 0 Å². The number of aromatic nitrogens is 2. The van der Waals surface area contributed by atoms with Crippen LogP contribution < -0.4 is 26.3 Å². The lowest BCUT2D eigenvalue weighted by Crippen LogP contribution is -2.71. The average molecular weight is 696 g/mol. The molecular weight excluding hydrogens is 673 g/mol. The van der Waals surface area contributed by atoms with Crippen LogP contribution in [0.1, 0.15) is 12.1 Å². The second-order valence-electron chi connectivity index (χ2n) is 10.0. The van der Waals surface area contributed by atoms with E-state index in [1.807, 2.05) is 0 Å². The van der Waals surface area contributed by atoms with Gasteiger partial charge in [0.2, 0.25) is 6.54 Å². The van der Waals surface area contributed by atoms with E-state index in [4.69, 9.17) is 11.5 Å². The minimum absolute atomic E-state index is 0.00986. The highest BCUT2D eigenvalue weighted by atomic mass is 32.2. The van der Waals surface area contributed by atoms with Crippen molar-refractivity contribution in [3.63, 3.8) is 0 Å². The molecule has 4 amide bonds. The maximum absolute atomic E-state index is 13.3. The summed E-state index contributed by atoms with van der Waals surface area (Å²) >= 11 is 1.87. The summed E-state index contributed by atoms with van der Waals surface area (Å²) in [7, 11) is 0. The summed E-state index contributed by atoms with van der Waals surface area (Å²) in [5.74, 6) is -7.27. The Morgan fingerprint density at radius 1 is 1.28 bits per heavy atom. The van der Waals surface area contributed by atoms with E-state index in [-0.39, 0.29) is 47.2 Å². The molecule has 3 aliphatic heterocycles. The minimum Gasteiger partial charge on any atom is -0.477 e. The van der Waals surface area contributed by atoms with Gasteiger partial charge in [-0.05, 0) is 24.1 Å². The summed E-state index contributed by atoms with van der Waals surface area (Å²) in [5, 5.41) is 15.4. The van der Waals surface area contributed by atoms with Gasteiger partial charge < -0.3 is 31.6 Å². The van der Waals surface area contributed by atoms with Crippen molar-refractivity contribution in [3.05, 3.63) is 58.5 Å². The van der Waals surface area contributed by atoms with Gasteiger partial charge in [-0.15, -0.1) is 23.1 Å². The number of alkyl halides is 3. The van der Waals surface area contributed by atoms with Crippen LogP contribution in [0.15, 0.2) is 58.0 Å². The van der Waals surface area contributed by atoms with Gasteiger partial charge >= 0.3 is 18.1 Å². The normalized spacial score (nSPS) is 20.7. The zero-order valence-corrected chi connectivity index (χ0v) is 25.2. The fraction of sp³-hybridized carbons (Fsp3) is 0.269. The van der Waals surface area contributed by atoms with Crippen LogP contribution >= 0.6 is 23.1 Å². The number of fused-ring (bicyclic) bond motifs is 1. The van der Waals surface area contributed by atoms with Crippen molar-refractivity contribution >= 4 is 75.2 Å². The molecule has 0 radical (unpaired) electrons. The maximum atomic E-state index is 13.3. The van der Waals surface area contributed by atoms with Crippen molar-refractivity contribution in [2.75, 3.05) is 22.9 Å². The molecule has 0 spiro atoms. The molecule has 0 saturated carbocycles. The molecule has 2 aromatic rings. The van der Waals surface area contributed by atoms with Crippen LogP contribution in [-0.2, 0) is 40.1 Å². The Kier molecular flexibility index (Phi) is 9.02.